The lowest BCUT2D eigenvalue weighted by atomic mass is 9.98. The van der Waals surface area contributed by atoms with Crippen LogP contribution in [-0.4, -0.2) is 10.7 Å². The molecular weight excluding hydrogens is 310 g/mol. The molecular formula is C15H18F2N2S2. The number of benzene rings is 1. The first-order valence-corrected chi connectivity index (χ1v) is 8.28. The maximum absolute atomic E-state index is 12.2. The first kappa shape index (κ1) is 16.2. The molecule has 1 aromatic heterocycles. The molecule has 6 heteroatoms. The van der Waals surface area contributed by atoms with Gasteiger partial charge in [-0.2, -0.15) is 8.78 Å². The molecule has 114 valence electrons. The highest BCUT2D eigenvalue weighted by Gasteiger charge is 2.17. The summed E-state index contributed by atoms with van der Waals surface area (Å²) in [6, 6.07) is 7.03. The third kappa shape index (κ3) is 4.97. The van der Waals surface area contributed by atoms with Crippen LogP contribution in [0.25, 0.3) is 0 Å². The van der Waals surface area contributed by atoms with Gasteiger partial charge in [-0.05, 0) is 24.3 Å². The molecule has 2 aromatic rings. The predicted octanol–water partition coefficient (Wildman–Crippen LogP) is 5.37. The molecule has 0 saturated heterocycles. The molecule has 0 amide bonds. The van der Waals surface area contributed by atoms with Crippen LogP contribution in [0.4, 0.5) is 14.5 Å². The van der Waals surface area contributed by atoms with Gasteiger partial charge in [-0.3, -0.25) is 0 Å². The van der Waals surface area contributed by atoms with E-state index in [1.54, 1.807) is 23.5 Å². The van der Waals surface area contributed by atoms with Crippen molar-refractivity contribution in [2.45, 2.75) is 43.4 Å². The minimum atomic E-state index is -2.38. The summed E-state index contributed by atoms with van der Waals surface area (Å²) in [6.45, 7) is 7.11. The van der Waals surface area contributed by atoms with Crippen molar-refractivity contribution in [3.8, 4) is 0 Å². The summed E-state index contributed by atoms with van der Waals surface area (Å²) in [7, 11) is 0. The lowest BCUT2D eigenvalue weighted by Gasteiger charge is -2.13. The fourth-order valence-corrected chi connectivity index (χ4v) is 3.09. The smallest absolute Gasteiger partial charge is 0.288 e. The van der Waals surface area contributed by atoms with Crippen molar-refractivity contribution in [2.75, 3.05) is 5.32 Å². The third-order valence-corrected chi connectivity index (χ3v) is 4.89. The number of thioether (sulfide) groups is 1. The summed E-state index contributed by atoms with van der Waals surface area (Å²) in [5.41, 5.74) is 0.983. The molecule has 0 unspecified atom stereocenters. The van der Waals surface area contributed by atoms with E-state index in [4.69, 9.17) is 0 Å². The van der Waals surface area contributed by atoms with E-state index in [9.17, 15) is 8.78 Å². The first-order valence-electron chi connectivity index (χ1n) is 6.58. The highest BCUT2D eigenvalue weighted by atomic mass is 32.2. The van der Waals surface area contributed by atoms with Gasteiger partial charge in [-0.15, -0.1) is 11.3 Å². The summed E-state index contributed by atoms with van der Waals surface area (Å²) < 4.78 is 24.5. The molecule has 1 N–H and O–H groups in total. The molecule has 0 aliphatic heterocycles. The van der Waals surface area contributed by atoms with Gasteiger partial charge in [-0.25, -0.2) is 4.98 Å². The Morgan fingerprint density at radius 1 is 1.24 bits per heavy atom. The topological polar surface area (TPSA) is 24.9 Å². The molecule has 0 radical (unpaired) electrons. The number of aromatic nitrogens is 1. The maximum Gasteiger partial charge on any atom is 0.288 e. The highest BCUT2D eigenvalue weighted by Crippen LogP contribution is 2.28. The number of rotatable bonds is 5. The van der Waals surface area contributed by atoms with Crippen LogP contribution in [0.5, 0.6) is 0 Å². The number of halogens is 2. The SMILES string of the molecule is CC(C)(C)c1ncc(CNc2ccc(SC(F)F)cc2)s1. The van der Waals surface area contributed by atoms with Gasteiger partial charge in [0.1, 0.15) is 0 Å². The van der Waals surface area contributed by atoms with Gasteiger partial charge in [0.15, 0.2) is 0 Å². The molecule has 0 aliphatic rings. The Bertz CT molecular complexity index is 574. The van der Waals surface area contributed by atoms with Crippen LogP contribution < -0.4 is 5.32 Å². The average Bonchev–Trinajstić information content (AvgIpc) is 2.86. The summed E-state index contributed by atoms with van der Waals surface area (Å²) in [5, 5.41) is 4.39. The number of thiazole rings is 1. The number of hydrogen-bond donors (Lipinski definition) is 1. The molecule has 21 heavy (non-hydrogen) atoms. The highest BCUT2D eigenvalue weighted by molar-refractivity contribution is 7.99. The van der Waals surface area contributed by atoms with Crippen molar-refractivity contribution >= 4 is 28.8 Å². The number of alkyl halides is 2. The molecule has 2 rings (SSSR count). The minimum absolute atomic E-state index is 0.0665. The zero-order chi connectivity index (χ0) is 15.5. The van der Waals surface area contributed by atoms with Crippen LogP contribution in [0.15, 0.2) is 35.4 Å². The summed E-state index contributed by atoms with van der Waals surface area (Å²) in [5.74, 6) is -2.38. The normalized spacial score (nSPS) is 11.9. The summed E-state index contributed by atoms with van der Waals surface area (Å²) in [6.07, 6.45) is 1.89. The van der Waals surface area contributed by atoms with E-state index in [2.05, 4.69) is 31.1 Å². The Balaban J connectivity index is 1.92. The zero-order valence-corrected chi connectivity index (χ0v) is 13.8. The Morgan fingerprint density at radius 2 is 1.90 bits per heavy atom. The molecule has 0 spiro atoms. The number of nitrogens with zero attached hydrogens (tertiary/aromatic N) is 1. The largest absolute Gasteiger partial charge is 0.380 e. The molecule has 0 aliphatic carbocycles. The van der Waals surface area contributed by atoms with Gasteiger partial charge < -0.3 is 5.32 Å². The molecule has 1 heterocycles. The first-order chi connectivity index (χ1) is 9.84. The van der Waals surface area contributed by atoms with Gasteiger partial charge in [0.05, 0.1) is 11.6 Å². The van der Waals surface area contributed by atoms with Crippen molar-refractivity contribution < 1.29 is 8.78 Å². The second-order valence-corrected chi connectivity index (χ2v) is 7.82. The van der Waals surface area contributed by atoms with Crippen molar-refractivity contribution in [1.82, 2.24) is 4.98 Å². The fraction of sp³-hybridized carbons (Fsp3) is 0.400. The Hall–Kier alpha value is -1.14. The van der Waals surface area contributed by atoms with Crippen LogP contribution in [0.1, 0.15) is 30.7 Å². The second-order valence-electron chi connectivity index (χ2n) is 5.64. The van der Waals surface area contributed by atoms with Gasteiger partial charge in [0, 0.05) is 27.1 Å². The van der Waals surface area contributed by atoms with E-state index >= 15 is 0 Å². The van der Waals surface area contributed by atoms with Crippen LogP contribution in [0.3, 0.4) is 0 Å². The van der Waals surface area contributed by atoms with Gasteiger partial charge in [0.25, 0.3) is 5.76 Å². The van der Waals surface area contributed by atoms with Crippen LogP contribution in [0, 0.1) is 0 Å². The van der Waals surface area contributed by atoms with Crippen molar-refractivity contribution in [2.24, 2.45) is 0 Å². The molecule has 0 atom stereocenters. The van der Waals surface area contributed by atoms with Crippen molar-refractivity contribution in [3.63, 3.8) is 0 Å². The third-order valence-electron chi connectivity index (χ3n) is 2.74. The molecule has 0 saturated carbocycles. The monoisotopic (exact) mass is 328 g/mol. The summed E-state index contributed by atoms with van der Waals surface area (Å²) in [4.78, 5) is 6.17. The maximum atomic E-state index is 12.2. The fourth-order valence-electron chi connectivity index (χ4n) is 1.68. The van der Waals surface area contributed by atoms with Crippen molar-refractivity contribution in [1.29, 1.82) is 0 Å². The zero-order valence-electron chi connectivity index (χ0n) is 12.2. The molecule has 0 fully saturated rings. The number of nitrogens with one attached hydrogen (secondary N) is 1. The van der Waals surface area contributed by atoms with E-state index in [1.165, 1.54) is 0 Å². The standard InChI is InChI=1S/C15H18F2N2S2/c1-15(2,3)13-19-9-12(20-13)8-18-10-4-6-11(7-5-10)21-14(16)17/h4-7,9,14,18H,8H2,1-3H3. The van der Waals surface area contributed by atoms with Gasteiger partial charge in [0.2, 0.25) is 0 Å². The quantitative estimate of drug-likeness (QED) is 0.747. The van der Waals surface area contributed by atoms with Crippen LogP contribution in [-0.2, 0) is 12.0 Å². The predicted molar refractivity (Wildman–Crippen MR) is 86.4 cm³/mol. The molecule has 1 aromatic carbocycles. The number of anilines is 1. The Kier molecular flexibility index (Phi) is 5.22. The van der Waals surface area contributed by atoms with E-state index in [0.29, 0.717) is 23.2 Å². The number of hydrogen-bond acceptors (Lipinski definition) is 4. The van der Waals surface area contributed by atoms with Crippen LogP contribution >= 0.6 is 23.1 Å². The van der Waals surface area contributed by atoms with Crippen molar-refractivity contribution in [3.05, 3.63) is 40.3 Å². The van der Waals surface area contributed by atoms with E-state index in [1.807, 2.05) is 18.3 Å². The lowest BCUT2D eigenvalue weighted by molar-refractivity contribution is 0.252. The average molecular weight is 328 g/mol. The molecule has 0 bridgehead atoms. The summed E-state index contributed by atoms with van der Waals surface area (Å²) >= 11 is 2.25. The Morgan fingerprint density at radius 3 is 2.43 bits per heavy atom. The molecule has 2 nitrogen and oxygen atoms in total. The minimum Gasteiger partial charge on any atom is -0.380 e. The van der Waals surface area contributed by atoms with E-state index in [-0.39, 0.29) is 5.41 Å². The lowest BCUT2D eigenvalue weighted by Crippen LogP contribution is -2.09. The van der Waals surface area contributed by atoms with Crippen LogP contribution in [0.2, 0.25) is 0 Å². The second kappa shape index (κ2) is 6.75. The van der Waals surface area contributed by atoms with Gasteiger partial charge in [-0.1, -0.05) is 32.5 Å². The Labute approximate surface area is 132 Å². The van der Waals surface area contributed by atoms with E-state index in [0.717, 1.165) is 15.6 Å². The van der Waals surface area contributed by atoms with Gasteiger partial charge >= 0.3 is 0 Å². The van der Waals surface area contributed by atoms with E-state index < -0.39 is 5.76 Å².